The van der Waals surface area contributed by atoms with Crippen molar-refractivity contribution in [3.63, 3.8) is 0 Å². The Kier molecular flexibility index (Phi) is 5.40. The Balaban J connectivity index is 2.29. The lowest BCUT2D eigenvalue weighted by atomic mass is 10.1. The molecule has 0 fully saturated rings. The molecule has 0 unspecified atom stereocenters. The van der Waals surface area contributed by atoms with E-state index >= 15 is 0 Å². The first kappa shape index (κ1) is 20.1. The van der Waals surface area contributed by atoms with Crippen LogP contribution in [0.2, 0.25) is 0 Å². The van der Waals surface area contributed by atoms with Crippen LogP contribution in [0.1, 0.15) is 19.4 Å². The molecule has 0 aliphatic rings. The summed E-state index contributed by atoms with van der Waals surface area (Å²) in [6.07, 6.45) is 2.26. The maximum atomic E-state index is 12.9. The molecule has 1 aromatic carbocycles. The van der Waals surface area contributed by atoms with Crippen molar-refractivity contribution in [1.82, 2.24) is 14.1 Å². The summed E-state index contributed by atoms with van der Waals surface area (Å²) in [6, 6.07) is 5.16. The van der Waals surface area contributed by atoms with Gasteiger partial charge in [-0.25, -0.2) is 9.78 Å². The van der Waals surface area contributed by atoms with E-state index in [1.807, 2.05) is 6.92 Å². The molecular weight excluding hydrogens is 374 g/mol. The maximum Gasteiger partial charge on any atom is 0.332 e. The number of aryl methyl sites for hydroxylation is 2. The fourth-order valence-electron chi connectivity index (χ4n) is 3.20. The summed E-state index contributed by atoms with van der Waals surface area (Å²) in [7, 11) is 4.54. The number of anilines is 3. The van der Waals surface area contributed by atoms with E-state index in [4.69, 9.17) is 4.74 Å². The fourth-order valence-corrected chi connectivity index (χ4v) is 3.20. The van der Waals surface area contributed by atoms with Crippen molar-refractivity contribution in [2.75, 3.05) is 17.7 Å². The molecule has 0 aliphatic carbocycles. The van der Waals surface area contributed by atoms with Crippen LogP contribution in [-0.2, 0) is 25.3 Å². The minimum Gasteiger partial charge on any atom is -0.495 e. The first-order valence-electron chi connectivity index (χ1n) is 9.08. The number of methoxy groups -OCH3 is 1. The molecule has 2 N–H and O–H groups in total. The number of hydrogen-bond acceptors (Lipinski definition) is 6. The van der Waals surface area contributed by atoms with Crippen LogP contribution in [0.25, 0.3) is 11.0 Å². The van der Waals surface area contributed by atoms with Gasteiger partial charge in [0.15, 0.2) is 5.65 Å². The van der Waals surface area contributed by atoms with Gasteiger partial charge >= 0.3 is 5.69 Å². The third-order valence-electron chi connectivity index (χ3n) is 4.71. The summed E-state index contributed by atoms with van der Waals surface area (Å²) in [4.78, 5) is 41.0. The molecule has 3 aromatic rings. The monoisotopic (exact) mass is 397 g/mol. The Morgan fingerprint density at radius 1 is 1.21 bits per heavy atom. The van der Waals surface area contributed by atoms with Crippen molar-refractivity contribution < 1.29 is 9.53 Å². The van der Waals surface area contributed by atoms with Crippen molar-refractivity contribution in [2.24, 2.45) is 14.1 Å². The van der Waals surface area contributed by atoms with Crippen LogP contribution in [-0.4, -0.2) is 27.1 Å². The SMILES string of the molecule is CCc1cnc2c(c1Nc1cc(NC(C)=O)ccc1OC)c(=O)n(C)c(=O)n2C. The second-order valence-electron chi connectivity index (χ2n) is 6.64. The normalized spacial score (nSPS) is 10.8. The third-order valence-corrected chi connectivity index (χ3v) is 4.71. The summed E-state index contributed by atoms with van der Waals surface area (Å²) in [6.45, 7) is 3.37. The van der Waals surface area contributed by atoms with Crippen LogP contribution in [0.4, 0.5) is 17.1 Å². The minimum atomic E-state index is -0.449. The zero-order valence-corrected chi connectivity index (χ0v) is 17.0. The van der Waals surface area contributed by atoms with Gasteiger partial charge in [-0.15, -0.1) is 0 Å². The number of ether oxygens (including phenoxy) is 1. The summed E-state index contributed by atoms with van der Waals surface area (Å²) in [5, 5.41) is 6.30. The zero-order valence-electron chi connectivity index (χ0n) is 17.0. The largest absolute Gasteiger partial charge is 0.495 e. The highest BCUT2D eigenvalue weighted by molar-refractivity contribution is 5.94. The first-order valence-corrected chi connectivity index (χ1v) is 9.08. The molecule has 2 heterocycles. The van der Waals surface area contributed by atoms with E-state index in [0.717, 1.165) is 10.1 Å². The highest BCUT2D eigenvalue weighted by Crippen LogP contribution is 2.34. The number of carbonyl (C=O) groups is 1. The number of fused-ring (bicyclic) bond motifs is 1. The van der Waals surface area contributed by atoms with E-state index < -0.39 is 11.2 Å². The molecule has 0 bridgehead atoms. The number of hydrogen-bond donors (Lipinski definition) is 2. The standard InChI is InChI=1S/C20H23N5O4/c1-6-12-10-21-18-16(19(27)25(4)20(28)24(18)3)17(12)23-14-9-13(22-11(2)26)7-8-15(14)29-5/h7-10H,6H2,1-5H3,(H,21,23)(H,22,26). The lowest BCUT2D eigenvalue weighted by Crippen LogP contribution is -2.37. The molecule has 9 nitrogen and oxygen atoms in total. The lowest BCUT2D eigenvalue weighted by Gasteiger charge is -2.18. The molecule has 1 amide bonds. The molecule has 0 saturated heterocycles. The molecule has 0 spiro atoms. The Labute approximate surface area is 167 Å². The van der Waals surface area contributed by atoms with Crippen molar-refractivity contribution in [3.8, 4) is 5.75 Å². The number of carbonyl (C=O) groups excluding carboxylic acids is 1. The molecule has 152 valence electrons. The van der Waals surface area contributed by atoms with Crippen molar-refractivity contribution in [1.29, 1.82) is 0 Å². The van der Waals surface area contributed by atoms with E-state index in [0.29, 0.717) is 34.6 Å². The van der Waals surface area contributed by atoms with Gasteiger partial charge in [0, 0.05) is 32.9 Å². The average Bonchev–Trinajstić information content (AvgIpc) is 2.70. The van der Waals surface area contributed by atoms with Gasteiger partial charge in [-0.3, -0.25) is 18.7 Å². The Hall–Kier alpha value is -3.62. The molecule has 0 saturated carbocycles. The number of nitrogens with zero attached hydrogens (tertiary/aromatic N) is 3. The van der Waals surface area contributed by atoms with Gasteiger partial charge < -0.3 is 15.4 Å². The van der Waals surface area contributed by atoms with Gasteiger partial charge in [0.25, 0.3) is 5.56 Å². The van der Waals surface area contributed by atoms with Gasteiger partial charge in [-0.2, -0.15) is 0 Å². The number of benzene rings is 1. The van der Waals surface area contributed by atoms with E-state index in [1.54, 1.807) is 31.4 Å². The number of amides is 1. The van der Waals surface area contributed by atoms with Crippen molar-refractivity contribution in [2.45, 2.75) is 20.3 Å². The van der Waals surface area contributed by atoms with Crippen LogP contribution >= 0.6 is 0 Å². The first-order chi connectivity index (χ1) is 13.8. The van der Waals surface area contributed by atoms with Gasteiger partial charge in [-0.05, 0) is 30.2 Å². The van der Waals surface area contributed by atoms with E-state index in [1.165, 1.54) is 25.6 Å². The van der Waals surface area contributed by atoms with E-state index in [-0.39, 0.29) is 11.6 Å². The number of rotatable bonds is 5. The Morgan fingerprint density at radius 3 is 2.55 bits per heavy atom. The van der Waals surface area contributed by atoms with Crippen LogP contribution in [0.15, 0.2) is 34.0 Å². The molecule has 9 heteroatoms. The highest BCUT2D eigenvalue weighted by atomic mass is 16.5. The predicted molar refractivity (Wildman–Crippen MR) is 112 cm³/mol. The fraction of sp³-hybridized carbons (Fsp3) is 0.300. The molecule has 2 aromatic heterocycles. The maximum absolute atomic E-state index is 12.9. The molecular formula is C20H23N5O4. The van der Waals surface area contributed by atoms with E-state index in [2.05, 4.69) is 15.6 Å². The summed E-state index contributed by atoms with van der Waals surface area (Å²) < 4.78 is 7.83. The van der Waals surface area contributed by atoms with Crippen LogP contribution in [0, 0.1) is 0 Å². The average molecular weight is 397 g/mol. The number of nitrogens with one attached hydrogen (secondary N) is 2. The summed E-state index contributed by atoms with van der Waals surface area (Å²) in [5.41, 5.74) is 1.90. The van der Waals surface area contributed by atoms with Crippen molar-refractivity contribution in [3.05, 3.63) is 50.8 Å². The third kappa shape index (κ3) is 3.58. The molecule has 29 heavy (non-hydrogen) atoms. The Bertz CT molecular complexity index is 1230. The van der Waals surface area contributed by atoms with Gasteiger partial charge in [0.2, 0.25) is 5.91 Å². The second-order valence-corrected chi connectivity index (χ2v) is 6.64. The van der Waals surface area contributed by atoms with Gasteiger partial charge in [0.05, 0.1) is 18.5 Å². The Morgan fingerprint density at radius 2 is 1.93 bits per heavy atom. The predicted octanol–water partition coefficient (Wildman–Crippen LogP) is 1.91. The van der Waals surface area contributed by atoms with Crippen LogP contribution in [0.5, 0.6) is 5.75 Å². The smallest absolute Gasteiger partial charge is 0.332 e. The summed E-state index contributed by atoms with van der Waals surface area (Å²) >= 11 is 0. The van der Waals surface area contributed by atoms with E-state index in [9.17, 15) is 14.4 Å². The molecule has 0 atom stereocenters. The topological polar surface area (TPSA) is 107 Å². The summed E-state index contributed by atoms with van der Waals surface area (Å²) in [5.74, 6) is 0.335. The number of aromatic nitrogens is 3. The molecule has 0 radical (unpaired) electrons. The van der Waals surface area contributed by atoms with Crippen LogP contribution < -0.4 is 26.6 Å². The van der Waals surface area contributed by atoms with Gasteiger partial charge in [-0.1, -0.05) is 6.92 Å². The quantitative estimate of drug-likeness (QED) is 0.681. The highest BCUT2D eigenvalue weighted by Gasteiger charge is 2.18. The van der Waals surface area contributed by atoms with Crippen molar-refractivity contribution >= 4 is 34.0 Å². The number of pyridine rings is 1. The van der Waals surface area contributed by atoms with Crippen LogP contribution in [0.3, 0.4) is 0 Å². The second kappa shape index (κ2) is 7.78. The molecule has 3 rings (SSSR count). The molecule has 0 aliphatic heterocycles. The minimum absolute atomic E-state index is 0.200. The lowest BCUT2D eigenvalue weighted by molar-refractivity contribution is -0.114. The van der Waals surface area contributed by atoms with Gasteiger partial charge in [0.1, 0.15) is 11.1 Å². The zero-order chi connectivity index (χ0) is 21.3.